The predicted octanol–water partition coefficient (Wildman–Crippen LogP) is 1.93. The van der Waals surface area contributed by atoms with Crippen molar-refractivity contribution < 1.29 is 4.74 Å². The van der Waals surface area contributed by atoms with E-state index in [0.29, 0.717) is 12.4 Å². The highest BCUT2D eigenvalue weighted by atomic mass is 16.5. The van der Waals surface area contributed by atoms with Crippen LogP contribution in [0.15, 0.2) is 18.3 Å². The lowest BCUT2D eigenvalue weighted by Gasteiger charge is -2.09. The standard InChI is InChI=1S/C12H16N4O/c1-8-4-11(10(6-13-3)7-14-8)17-12-5-9(2)15-16-12/h4-5,7,13H,6H2,1-3H3,(H,15,16). The third kappa shape index (κ3) is 2.82. The van der Waals surface area contributed by atoms with Crippen molar-refractivity contribution >= 4 is 0 Å². The van der Waals surface area contributed by atoms with Crippen molar-refractivity contribution in [1.29, 1.82) is 0 Å². The summed E-state index contributed by atoms with van der Waals surface area (Å²) in [7, 11) is 1.89. The smallest absolute Gasteiger partial charge is 0.238 e. The molecular weight excluding hydrogens is 216 g/mol. The maximum Gasteiger partial charge on any atom is 0.238 e. The maximum atomic E-state index is 5.74. The van der Waals surface area contributed by atoms with Crippen LogP contribution in [-0.2, 0) is 6.54 Å². The summed E-state index contributed by atoms with van der Waals surface area (Å²) < 4.78 is 5.74. The number of rotatable bonds is 4. The van der Waals surface area contributed by atoms with E-state index >= 15 is 0 Å². The Morgan fingerprint density at radius 2 is 2.18 bits per heavy atom. The number of hydrogen-bond donors (Lipinski definition) is 2. The zero-order chi connectivity index (χ0) is 12.3. The maximum absolute atomic E-state index is 5.74. The SMILES string of the molecule is CNCc1cnc(C)cc1Oc1cc(C)[nH]n1. The van der Waals surface area contributed by atoms with Crippen molar-refractivity contribution in [2.24, 2.45) is 0 Å². The normalized spacial score (nSPS) is 10.5. The molecule has 0 aromatic carbocycles. The van der Waals surface area contributed by atoms with Gasteiger partial charge in [0, 0.05) is 41.8 Å². The van der Waals surface area contributed by atoms with Crippen molar-refractivity contribution in [2.75, 3.05) is 7.05 Å². The Morgan fingerprint density at radius 3 is 2.82 bits per heavy atom. The molecule has 5 nitrogen and oxygen atoms in total. The summed E-state index contributed by atoms with van der Waals surface area (Å²) in [6.45, 7) is 4.59. The van der Waals surface area contributed by atoms with Crippen LogP contribution in [-0.4, -0.2) is 22.2 Å². The van der Waals surface area contributed by atoms with E-state index in [-0.39, 0.29) is 0 Å². The third-order valence-corrected chi connectivity index (χ3v) is 2.34. The van der Waals surface area contributed by atoms with E-state index in [9.17, 15) is 0 Å². The Bertz CT molecular complexity index is 507. The Kier molecular flexibility index (Phi) is 3.39. The molecule has 2 heterocycles. The van der Waals surface area contributed by atoms with Crippen LogP contribution < -0.4 is 10.1 Å². The van der Waals surface area contributed by atoms with E-state index in [2.05, 4.69) is 20.5 Å². The van der Waals surface area contributed by atoms with Crippen LogP contribution in [0, 0.1) is 13.8 Å². The van der Waals surface area contributed by atoms with Crippen molar-refractivity contribution in [2.45, 2.75) is 20.4 Å². The summed E-state index contributed by atoms with van der Waals surface area (Å²) >= 11 is 0. The van der Waals surface area contributed by atoms with Gasteiger partial charge < -0.3 is 10.1 Å². The molecule has 0 unspecified atom stereocenters. The zero-order valence-electron chi connectivity index (χ0n) is 10.2. The second-order valence-electron chi connectivity index (χ2n) is 3.95. The minimum absolute atomic E-state index is 0.574. The Balaban J connectivity index is 2.26. The van der Waals surface area contributed by atoms with Gasteiger partial charge in [-0.05, 0) is 20.9 Å². The number of aryl methyl sites for hydroxylation is 2. The van der Waals surface area contributed by atoms with Gasteiger partial charge in [0.25, 0.3) is 0 Å². The van der Waals surface area contributed by atoms with E-state index in [1.54, 1.807) is 0 Å². The van der Waals surface area contributed by atoms with Gasteiger partial charge in [0.05, 0.1) is 0 Å². The molecule has 0 spiro atoms. The van der Waals surface area contributed by atoms with E-state index in [0.717, 1.165) is 22.7 Å². The number of aromatic amines is 1. The molecule has 0 bridgehead atoms. The minimum Gasteiger partial charge on any atom is -0.437 e. The molecule has 0 radical (unpaired) electrons. The molecule has 0 aliphatic heterocycles. The summed E-state index contributed by atoms with van der Waals surface area (Å²) in [5, 5.41) is 9.99. The number of aromatic nitrogens is 3. The average Bonchev–Trinajstić information content (AvgIpc) is 2.68. The van der Waals surface area contributed by atoms with Gasteiger partial charge in [0.15, 0.2) is 0 Å². The molecule has 0 fully saturated rings. The Morgan fingerprint density at radius 1 is 1.35 bits per heavy atom. The van der Waals surface area contributed by atoms with E-state index < -0.39 is 0 Å². The fraction of sp³-hybridized carbons (Fsp3) is 0.333. The van der Waals surface area contributed by atoms with E-state index in [1.165, 1.54) is 0 Å². The first kappa shape index (κ1) is 11.6. The van der Waals surface area contributed by atoms with Crippen LogP contribution in [0.4, 0.5) is 0 Å². The number of nitrogens with one attached hydrogen (secondary N) is 2. The highest BCUT2D eigenvalue weighted by molar-refractivity contribution is 5.35. The molecule has 90 valence electrons. The van der Waals surface area contributed by atoms with Crippen LogP contribution in [0.3, 0.4) is 0 Å². The number of pyridine rings is 1. The average molecular weight is 232 g/mol. The topological polar surface area (TPSA) is 62.8 Å². The molecule has 2 aromatic rings. The van der Waals surface area contributed by atoms with Crippen LogP contribution in [0.1, 0.15) is 17.0 Å². The van der Waals surface area contributed by atoms with Crippen LogP contribution in [0.2, 0.25) is 0 Å². The van der Waals surface area contributed by atoms with Gasteiger partial charge in [-0.2, -0.15) is 0 Å². The van der Waals surface area contributed by atoms with Crippen LogP contribution in [0.5, 0.6) is 11.6 Å². The third-order valence-electron chi connectivity index (χ3n) is 2.34. The number of nitrogens with zero attached hydrogens (tertiary/aromatic N) is 2. The lowest BCUT2D eigenvalue weighted by Crippen LogP contribution is -2.07. The molecule has 2 N–H and O–H groups in total. The minimum atomic E-state index is 0.574. The number of H-pyrrole nitrogens is 1. The fourth-order valence-corrected chi connectivity index (χ4v) is 1.54. The molecule has 0 saturated carbocycles. The quantitative estimate of drug-likeness (QED) is 0.845. The Hall–Kier alpha value is -1.88. The van der Waals surface area contributed by atoms with Gasteiger partial charge in [-0.15, -0.1) is 5.10 Å². The van der Waals surface area contributed by atoms with Crippen molar-refractivity contribution in [3.8, 4) is 11.6 Å². The fourth-order valence-electron chi connectivity index (χ4n) is 1.54. The van der Waals surface area contributed by atoms with Crippen molar-refractivity contribution in [3.63, 3.8) is 0 Å². The molecule has 0 aliphatic carbocycles. The van der Waals surface area contributed by atoms with Crippen LogP contribution in [0.25, 0.3) is 0 Å². The second-order valence-corrected chi connectivity index (χ2v) is 3.95. The van der Waals surface area contributed by atoms with Gasteiger partial charge in [0.1, 0.15) is 5.75 Å². The van der Waals surface area contributed by atoms with E-state index in [1.807, 2.05) is 39.2 Å². The molecule has 0 atom stereocenters. The summed E-state index contributed by atoms with van der Waals surface area (Å²) in [6.07, 6.45) is 1.82. The van der Waals surface area contributed by atoms with Gasteiger partial charge in [0.2, 0.25) is 5.88 Å². The van der Waals surface area contributed by atoms with Crippen molar-refractivity contribution in [1.82, 2.24) is 20.5 Å². The molecule has 0 saturated heterocycles. The molecule has 0 amide bonds. The summed E-state index contributed by atoms with van der Waals surface area (Å²) in [6, 6.07) is 3.77. The van der Waals surface area contributed by atoms with Gasteiger partial charge in [-0.1, -0.05) is 0 Å². The molecule has 5 heteroatoms. The lowest BCUT2D eigenvalue weighted by atomic mass is 10.2. The predicted molar refractivity (Wildman–Crippen MR) is 65.1 cm³/mol. The van der Waals surface area contributed by atoms with E-state index in [4.69, 9.17) is 4.74 Å². The van der Waals surface area contributed by atoms with Gasteiger partial charge in [-0.25, -0.2) is 0 Å². The number of hydrogen-bond acceptors (Lipinski definition) is 4. The first-order chi connectivity index (χ1) is 8.19. The van der Waals surface area contributed by atoms with Crippen LogP contribution >= 0.6 is 0 Å². The molecule has 0 aliphatic rings. The summed E-state index contributed by atoms with van der Waals surface area (Å²) in [4.78, 5) is 4.26. The van der Waals surface area contributed by atoms with Gasteiger partial charge in [-0.3, -0.25) is 10.1 Å². The highest BCUT2D eigenvalue weighted by Crippen LogP contribution is 2.24. The van der Waals surface area contributed by atoms with Crippen molar-refractivity contribution in [3.05, 3.63) is 35.3 Å². The zero-order valence-corrected chi connectivity index (χ0v) is 10.2. The summed E-state index contributed by atoms with van der Waals surface area (Å²) in [5.74, 6) is 1.36. The molecule has 17 heavy (non-hydrogen) atoms. The second kappa shape index (κ2) is 4.97. The monoisotopic (exact) mass is 232 g/mol. The van der Waals surface area contributed by atoms with Gasteiger partial charge >= 0.3 is 0 Å². The molecule has 2 rings (SSSR count). The molecular formula is C12H16N4O. The largest absolute Gasteiger partial charge is 0.437 e. The summed E-state index contributed by atoms with van der Waals surface area (Å²) in [5.41, 5.74) is 2.91. The first-order valence-corrected chi connectivity index (χ1v) is 5.49. The first-order valence-electron chi connectivity index (χ1n) is 5.49. The lowest BCUT2D eigenvalue weighted by molar-refractivity contribution is 0.453. The highest BCUT2D eigenvalue weighted by Gasteiger charge is 2.07. The molecule has 2 aromatic heterocycles. The Labute approximate surface area is 100 Å². The number of ether oxygens (including phenoxy) is 1.